The Labute approximate surface area is 160 Å². The van der Waals surface area contributed by atoms with Crippen LogP contribution in [0, 0.1) is 6.92 Å². The molecule has 0 aliphatic carbocycles. The van der Waals surface area contributed by atoms with Crippen LogP contribution in [0.1, 0.15) is 21.6 Å². The molecule has 0 amide bonds. The first-order chi connectivity index (χ1) is 11.8. The van der Waals surface area contributed by atoms with E-state index in [0.717, 1.165) is 3.79 Å². The summed E-state index contributed by atoms with van der Waals surface area (Å²) in [6.45, 7) is 1.72. The van der Waals surface area contributed by atoms with Gasteiger partial charge in [0, 0.05) is 16.5 Å². The molecule has 1 aromatic carbocycles. The lowest BCUT2D eigenvalue weighted by atomic mass is 10.1. The summed E-state index contributed by atoms with van der Waals surface area (Å²) >= 11 is 11.2. The van der Waals surface area contributed by atoms with Crippen LogP contribution in [-0.2, 0) is 11.2 Å². The second-order valence-corrected chi connectivity index (χ2v) is 8.06. The maximum absolute atomic E-state index is 13.0. The molecule has 0 saturated heterocycles. The number of nitrogens with zero attached hydrogens (tertiary/aromatic N) is 1. The number of hydrogen-bond acceptors (Lipinski definition) is 4. The highest BCUT2D eigenvalue weighted by molar-refractivity contribution is 9.11. The Hall–Kier alpha value is -1.83. The van der Waals surface area contributed by atoms with Crippen molar-refractivity contribution in [2.24, 2.45) is 0 Å². The van der Waals surface area contributed by atoms with Crippen LogP contribution < -0.4 is 4.74 Å². The molecule has 0 aliphatic heterocycles. The molecule has 3 rings (SSSR count). The quantitative estimate of drug-likeness (QED) is 0.633. The number of fused-ring (bicyclic) bond motifs is 1. The largest absolute Gasteiger partial charge is 0.495 e. The molecule has 1 N–H and O–H groups in total. The number of carboxylic acids is 1. The predicted molar refractivity (Wildman–Crippen MR) is 101 cm³/mol. The molecule has 3 aromatic rings. The summed E-state index contributed by atoms with van der Waals surface area (Å²) in [7, 11) is 1.49. The molecule has 0 aliphatic rings. The fraction of sp³-hybridized carbons (Fsp3) is 0.176. The molecule has 5 nitrogen and oxygen atoms in total. The van der Waals surface area contributed by atoms with Crippen molar-refractivity contribution in [3.05, 3.63) is 49.2 Å². The summed E-state index contributed by atoms with van der Waals surface area (Å²) in [5.41, 5.74) is 2.14. The van der Waals surface area contributed by atoms with E-state index < -0.39 is 5.97 Å². The van der Waals surface area contributed by atoms with Gasteiger partial charge in [-0.15, -0.1) is 11.3 Å². The number of carbonyl (C=O) groups is 2. The number of carboxylic acid groups (broad SMARTS) is 1. The minimum atomic E-state index is -0.994. The third-order valence-corrected chi connectivity index (χ3v) is 5.84. The highest BCUT2D eigenvalue weighted by Gasteiger charge is 2.24. The van der Waals surface area contributed by atoms with Crippen LogP contribution in [0.3, 0.4) is 0 Å². The van der Waals surface area contributed by atoms with Gasteiger partial charge >= 0.3 is 5.97 Å². The minimum absolute atomic E-state index is 0.233. The van der Waals surface area contributed by atoms with Gasteiger partial charge in [0.15, 0.2) is 0 Å². The van der Waals surface area contributed by atoms with E-state index in [1.165, 1.54) is 23.0 Å². The molecular weight excluding hydrogens is 430 g/mol. The normalized spacial score (nSPS) is 11.0. The zero-order valence-electron chi connectivity index (χ0n) is 13.3. The van der Waals surface area contributed by atoms with Gasteiger partial charge in [0.05, 0.1) is 33.4 Å². The van der Waals surface area contributed by atoms with E-state index >= 15 is 0 Å². The van der Waals surface area contributed by atoms with E-state index in [1.807, 2.05) is 0 Å². The monoisotopic (exact) mass is 441 g/mol. The number of halogens is 2. The summed E-state index contributed by atoms with van der Waals surface area (Å²) in [5, 5.41) is 11.8. The van der Waals surface area contributed by atoms with Crippen molar-refractivity contribution in [3.63, 3.8) is 0 Å². The van der Waals surface area contributed by atoms with Crippen LogP contribution in [-0.4, -0.2) is 28.7 Å². The summed E-state index contributed by atoms with van der Waals surface area (Å²) in [5.74, 6) is -0.794. The lowest BCUT2D eigenvalue weighted by molar-refractivity contribution is -0.136. The van der Waals surface area contributed by atoms with Gasteiger partial charge in [0.2, 0.25) is 0 Å². The minimum Gasteiger partial charge on any atom is -0.495 e. The number of ether oxygens (including phenoxy) is 1. The molecule has 8 heteroatoms. The molecule has 0 atom stereocenters. The standard InChI is InChI=1S/C17H13BrClNO4S/c1-8-10(6-14(21)22)15-11(3-4-12(24-2)16(15)19)20(8)17(23)9-5-13(18)25-7-9/h3-5,7H,6H2,1-2H3,(H,21,22). The summed E-state index contributed by atoms with van der Waals surface area (Å²) < 4.78 is 7.58. The fourth-order valence-corrected chi connectivity index (χ4v) is 4.34. The van der Waals surface area contributed by atoms with Crippen molar-refractivity contribution in [1.29, 1.82) is 0 Å². The molecule has 0 unspecified atom stereocenters. The Bertz CT molecular complexity index is 1010. The number of hydrogen-bond donors (Lipinski definition) is 1. The van der Waals surface area contributed by atoms with Crippen LogP contribution >= 0.6 is 38.9 Å². The van der Waals surface area contributed by atoms with E-state index in [4.69, 9.17) is 16.3 Å². The van der Waals surface area contributed by atoms with Crippen molar-refractivity contribution in [2.75, 3.05) is 7.11 Å². The number of aliphatic carboxylic acids is 1. The second kappa shape index (κ2) is 6.82. The number of methoxy groups -OCH3 is 1. The van der Waals surface area contributed by atoms with E-state index in [1.54, 1.807) is 30.5 Å². The topological polar surface area (TPSA) is 68.5 Å². The first kappa shape index (κ1) is 18.0. The van der Waals surface area contributed by atoms with Crippen molar-refractivity contribution in [2.45, 2.75) is 13.3 Å². The predicted octanol–water partition coefficient (Wildman–Crippen LogP) is 4.75. The Balaban J connectivity index is 2.32. The summed E-state index contributed by atoms with van der Waals surface area (Å²) in [4.78, 5) is 24.3. The first-order valence-electron chi connectivity index (χ1n) is 7.22. The van der Waals surface area contributed by atoms with Crippen LogP contribution in [0.15, 0.2) is 27.4 Å². The lowest BCUT2D eigenvalue weighted by Gasteiger charge is -2.07. The van der Waals surface area contributed by atoms with E-state index in [2.05, 4.69) is 15.9 Å². The molecule has 0 spiro atoms. The lowest BCUT2D eigenvalue weighted by Crippen LogP contribution is -2.13. The molecule has 2 aromatic heterocycles. The van der Waals surface area contributed by atoms with Crippen molar-refractivity contribution >= 4 is 61.6 Å². The maximum atomic E-state index is 13.0. The SMILES string of the molecule is COc1ccc2c(c1Cl)c(CC(=O)O)c(C)n2C(=O)c1csc(Br)c1. The van der Waals surface area contributed by atoms with Gasteiger partial charge in [-0.2, -0.15) is 0 Å². The molecule has 0 fully saturated rings. The number of rotatable bonds is 4. The Morgan fingerprint density at radius 2 is 2.12 bits per heavy atom. The molecule has 2 heterocycles. The van der Waals surface area contributed by atoms with Gasteiger partial charge in [0.25, 0.3) is 5.91 Å². The van der Waals surface area contributed by atoms with Gasteiger partial charge in [-0.1, -0.05) is 11.6 Å². The Morgan fingerprint density at radius 1 is 1.40 bits per heavy atom. The summed E-state index contributed by atoms with van der Waals surface area (Å²) in [6.07, 6.45) is -0.233. The van der Waals surface area contributed by atoms with Gasteiger partial charge in [-0.25, -0.2) is 0 Å². The van der Waals surface area contributed by atoms with Gasteiger partial charge < -0.3 is 9.84 Å². The van der Waals surface area contributed by atoms with E-state index in [-0.39, 0.29) is 12.3 Å². The molecule has 0 saturated carbocycles. The highest BCUT2D eigenvalue weighted by atomic mass is 79.9. The van der Waals surface area contributed by atoms with Gasteiger partial charge in [-0.3, -0.25) is 14.2 Å². The van der Waals surface area contributed by atoms with Crippen LogP contribution in [0.5, 0.6) is 5.75 Å². The molecule has 0 radical (unpaired) electrons. The number of aromatic nitrogens is 1. The average molecular weight is 443 g/mol. The zero-order chi connectivity index (χ0) is 18.3. The van der Waals surface area contributed by atoms with Crippen LogP contribution in [0.25, 0.3) is 10.9 Å². The fourth-order valence-electron chi connectivity index (χ4n) is 2.85. The number of benzene rings is 1. The van der Waals surface area contributed by atoms with Crippen molar-refractivity contribution < 1.29 is 19.4 Å². The molecular formula is C17H13BrClNO4S. The van der Waals surface area contributed by atoms with E-state index in [0.29, 0.717) is 38.5 Å². The van der Waals surface area contributed by atoms with Gasteiger partial charge in [-0.05, 0) is 46.6 Å². The van der Waals surface area contributed by atoms with Crippen molar-refractivity contribution in [3.8, 4) is 5.75 Å². The Morgan fingerprint density at radius 3 is 2.68 bits per heavy atom. The first-order valence-corrected chi connectivity index (χ1v) is 9.27. The Kier molecular flexibility index (Phi) is 4.90. The maximum Gasteiger partial charge on any atom is 0.307 e. The number of thiophene rings is 1. The van der Waals surface area contributed by atoms with Crippen LogP contribution in [0.2, 0.25) is 5.02 Å². The van der Waals surface area contributed by atoms with Gasteiger partial charge in [0.1, 0.15) is 5.75 Å². The smallest absolute Gasteiger partial charge is 0.307 e. The zero-order valence-corrected chi connectivity index (χ0v) is 16.5. The van der Waals surface area contributed by atoms with Crippen molar-refractivity contribution in [1.82, 2.24) is 4.57 Å². The van der Waals surface area contributed by atoms with E-state index in [9.17, 15) is 14.7 Å². The van der Waals surface area contributed by atoms with Crippen LogP contribution in [0.4, 0.5) is 0 Å². The summed E-state index contributed by atoms with van der Waals surface area (Å²) in [6, 6.07) is 5.12. The third kappa shape index (κ3) is 3.07. The average Bonchev–Trinajstić information content (AvgIpc) is 3.10. The number of carbonyl (C=O) groups excluding carboxylic acids is 1. The second-order valence-electron chi connectivity index (χ2n) is 5.39. The highest BCUT2D eigenvalue weighted by Crippen LogP contribution is 2.38. The molecule has 130 valence electrons. The molecule has 0 bridgehead atoms. The third-order valence-electron chi connectivity index (χ3n) is 3.96. The molecule has 25 heavy (non-hydrogen) atoms.